The Hall–Kier alpha value is -0.980. The molecule has 6 heteroatoms. The van der Waals surface area contributed by atoms with Crippen molar-refractivity contribution in [3.63, 3.8) is 0 Å². The van der Waals surface area contributed by atoms with Crippen LogP contribution in [0.15, 0.2) is 0 Å². The van der Waals surface area contributed by atoms with Gasteiger partial charge in [-0.1, -0.05) is 13.8 Å². The van der Waals surface area contributed by atoms with Gasteiger partial charge in [0, 0.05) is 26.8 Å². The summed E-state index contributed by atoms with van der Waals surface area (Å²) < 4.78 is 10.2. The van der Waals surface area contributed by atoms with Gasteiger partial charge in [-0.25, -0.2) is 0 Å². The largest absolute Gasteiger partial charge is 0.383 e. The Bertz CT molecular complexity index is 321. The van der Waals surface area contributed by atoms with E-state index in [1.807, 2.05) is 25.7 Å². The quantitative estimate of drug-likeness (QED) is 0.608. The molecule has 2 atom stereocenters. The Morgan fingerprint density at radius 2 is 1.76 bits per heavy atom. The molecule has 124 valence electrons. The molecule has 0 spiro atoms. The average Bonchev–Trinajstić information content (AvgIpc) is 2.40. The molecule has 0 bridgehead atoms. The third-order valence-corrected chi connectivity index (χ3v) is 3.38. The number of carbonyl (C=O) groups is 2. The van der Waals surface area contributed by atoms with E-state index >= 15 is 0 Å². The fraction of sp³-hybridized carbons (Fsp3) is 0.867. The number of nitrogens with one attached hydrogen (secondary N) is 1. The van der Waals surface area contributed by atoms with Crippen LogP contribution in [0.25, 0.3) is 0 Å². The lowest BCUT2D eigenvalue weighted by Crippen LogP contribution is -2.50. The van der Waals surface area contributed by atoms with Gasteiger partial charge in [-0.3, -0.25) is 14.5 Å². The number of hydrogen-bond acceptors (Lipinski definition) is 5. The molecule has 21 heavy (non-hydrogen) atoms. The molecule has 0 saturated carbocycles. The molecule has 0 aliphatic heterocycles. The van der Waals surface area contributed by atoms with Crippen LogP contribution in [0.3, 0.4) is 0 Å². The molecule has 1 N–H and O–H groups in total. The number of ketones is 1. The van der Waals surface area contributed by atoms with E-state index in [4.69, 9.17) is 9.47 Å². The van der Waals surface area contributed by atoms with Crippen LogP contribution in [0.5, 0.6) is 0 Å². The molecular formula is C15H30N2O4. The maximum Gasteiger partial charge on any atom is 0.234 e. The zero-order valence-corrected chi connectivity index (χ0v) is 14.1. The second kappa shape index (κ2) is 10.7. The third kappa shape index (κ3) is 8.14. The van der Waals surface area contributed by atoms with Gasteiger partial charge >= 0.3 is 0 Å². The van der Waals surface area contributed by atoms with Gasteiger partial charge < -0.3 is 14.8 Å². The van der Waals surface area contributed by atoms with Crippen LogP contribution in [-0.4, -0.2) is 69.2 Å². The molecule has 0 aromatic rings. The number of methoxy groups -OCH3 is 2. The fourth-order valence-corrected chi connectivity index (χ4v) is 2.15. The Balaban J connectivity index is 4.60. The van der Waals surface area contributed by atoms with E-state index in [1.165, 1.54) is 6.92 Å². The zero-order valence-electron chi connectivity index (χ0n) is 14.1. The Kier molecular flexibility index (Phi) is 10.2. The van der Waals surface area contributed by atoms with Crippen molar-refractivity contribution in [2.45, 2.75) is 39.8 Å². The predicted octanol–water partition coefficient (Wildman–Crippen LogP) is 0.700. The fourth-order valence-electron chi connectivity index (χ4n) is 2.15. The van der Waals surface area contributed by atoms with Crippen LogP contribution in [0.2, 0.25) is 0 Å². The molecule has 0 radical (unpaired) electrons. The lowest BCUT2D eigenvalue weighted by molar-refractivity contribution is -0.129. The monoisotopic (exact) mass is 302 g/mol. The van der Waals surface area contributed by atoms with Crippen LogP contribution < -0.4 is 5.32 Å². The number of ether oxygens (including phenoxy) is 2. The van der Waals surface area contributed by atoms with E-state index in [-0.39, 0.29) is 30.2 Å². The minimum Gasteiger partial charge on any atom is -0.383 e. The van der Waals surface area contributed by atoms with E-state index in [9.17, 15) is 9.59 Å². The van der Waals surface area contributed by atoms with Gasteiger partial charge in [0.2, 0.25) is 5.91 Å². The number of nitrogens with zero attached hydrogens (tertiary/aromatic N) is 1. The highest BCUT2D eigenvalue weighted by Crippen LogP contribution is 2.04. The molecule has 0 aliphatic rings. The van der Waals surface area contributed by atoms with Crippen molar-refractivity contribution in [3.8, 4) is 0 Å². The van der Waals surface area contributed by atoms with Gasteiger partial charge in [0.05, 0.1) is 25.8 Å². The number of rotatable bonds is 11. The zero-order chi connectivity index (χ0) is 16.4. The molecule has 0 saturated heterocycles. The molecule has 0 heterocycles. The van der Waals surface area contributed by atoms with E-state index in [0.29, 0.717) is 19.8 Å². The normalized spacial score (nSPS) is 14.3. The summed E-state index contributed by atoms with van der Waals surface area (Å²) >= 11 is 0. The van der Waals surface area contributed by atoms with Crippen molar-refractivity contribution in [2.75, 3.05) is 40.5 Å². The van der Waals surface area contributed by atoms with Gasteiger partial charge in [-0.15, -0.1) is 0 Å². The summed E-state index contributed by atoms with van der Waals surface area (Å²) in [5.74, 6) is -0.0926. The summed E-state index contributed by atoms with van der Waals surface area (Å²) in [5, 5.41) is 2.81. The first-order chi connectivity index (χ1) is 9.83. The maximum atomic E-state index is 12.2. The van der Waals surface area contributed by atoms with Crippen LogP contribution in [0.4, 0.5) is 0 Å². The number of Topliss-reactive ketones (excluding diaryl/α,β-unsaturated/α-hetero) is 1. The molecule has 0 rings (SSSR count). The summed E-state index contributed by atoms with van der Waals surface area (Å²) in [6.45, 7) is 9.29. The molecule has 2 unspecified atom stereocenters. The first-order valence-corrected chi connectivity index (χ1v) is 7.35. The molecule has 0 aromatic heterocycles. The van der Waals surface area contributed by atoms with Crippen molar-refractivity contribution >= 4 is 11.7 Å². The smallest absolute Gasteiger partial charge is 0.234 e. The third-order valence-electron chi connectivity index (χ3n) is 3.38. The minimum atomic E-state index is -0.431. The predicted molar refractivity (Wildman–Crippen MR) is 82.2 cm³/mol. The van der Waals surface area contributed by atoms with Gasteiger partial charge in [0.15, 0.2) is 5.78 Å². The number of amides is 1. The second-order valence-electron chi connectivity index (χ2n) is 5.67. The second-order valence-corrected chi connectivity index (χ2v) is 5.67. The summed E-state index contributed by atoms with van der Waals surface area (Å²) in [6.07, 6.45) is 0. The topological polar surface area (TPSA) is 67.9 Å². The van der Waals surface area contributed by atoms with E-state index in [2.05, 4.69) is 5.32 Å². The highest BCUT2D eigenvalue weighted by atomic mass is 16.5. The molecule has 6 nitrogen and oxygen atoms in total. The standard InChI is InChI=1S/C15H30N2O4/c1-11(2)15(13(4)18)16-14(19)9-17(7-8-20-5)12(3)10-21-6/h11-12,15H,7-10H2,1-6H3,(H,16,19). The molecule has 0 fully saturated rings. The summed E-state index contributed by atoms with van der Waals surface area (Å²) in [5.41, 5.74) is 0. The van der Waals surface area contributed by atoms with Crippen LogP contribution >= 0.6 is 0 Å². The Morgan fingerprint density at radius 1 is 1.14 bits per heavy atom. The summed E-state index contributed by atoms with van der Waals surface area (Å²) in [7, 11) is 3.26. The lowest BCUT2D eigenvalue weighted by atomic mass is 10.0. The Labute approximate surface area is 128 Å². The van der Waals surface area contributed by atoms with E-state index < -0.39 is 6.04 Å². The van der Waals surface area contributed by atoms with Crippen molar-refractivity contribution < 1.29 is 19.1 Å². The number of carbonyl (C=O) groups excluding carboxylic acids is 2. The maximum absolute atomic E-state index is 12.2. The van der Waals surface area contributed by atoms with Crippen LogP contribution in [0, 0.1) is 5.92 Å². The van der Waals surface area contributed by atoms with Crippen LogP contribution in [0.1, 0.15) is 27.7 Å². The van der Waals surface area contributed by atoms with Crippen molar-refractivity contribution in [1.82, 2.24) is 10.2 Å². The van der Waals surface area contributed by atoms with Gasteiger partial charge in [-0.2, -0.15) is 0 Å². The van der Waals surface area contributed by atoms with Gasteiger partial charge in [0.25, 0.3) is 0 Å². The lowest BCUT2D eigenvalue weighted by Gasteiger charge is -2.29. The first kappa shape index (κ1) is 20.0. The first-order valence-electron chi connectivity index (χ1n) is 7.35. The Morgan fingerprint density at radius 3 is 2.19 bits per heavy atom. The van der Waals surface area contributed by atoms with Crippen LogP contribution in [-0.2, 0) is 19.1 Å². The molecule has 1 amide bonds. The van der Waals surface area contributed by atoms with E-state index in [0.717, 1.165) is 0 Å². The minimum absolute atomic E-state index is 0.0215. The van der Waals surface area contributed by atoms with Gasteiger partial charge in [-0.05, 0) is 19.8 Å². The van der Waals surface area contributed by atoms with Crippen molar-refractivity contribution in [3.05, 3.63) is 0 Å². The highest BCUT2D eigenvalue weighted by Gasteiger charge is 2.23. The number of hydrogen-bond donors (Lipinski definition) is 1. The molecule has 0 aliphatic carbocycles. The summed E-state index contributed by atoms with van der Waals surface area (Å²) in [4.78, 5) is 25.7. The van der Waals surface area contributed by atoms with Crippen molar-refractivity contribution in [2.24, 2.45) is 5.92 Å². The SMILES string of the molecule is COCCN(CC(=O)NC(C(C)=O)C(C)C)C(C)COC. The van der Waals surface area contributed by atoms with Crippen molar-refractivity contribution in [1.29, 1.82) is 0 Å². The molecular weight excluding hydrogens is 272 g/mol. The highest BCUT2D eigenvalue weighted by molar-refractivity contribution is 5.88. The summed E-state index contributed by atoms with van der Waals surface area (Å²) in [6, 6.07) is -0.328. The average molecular weight is 302 g/mol. The van der Waals surface area contributed by atoms with E-state index in [1.54, 1.807) is 14.2 Å². The van der Waals surface area contributed by atoms with Gasteiger partial charge in [0.1, 0.15) is 0 Å². The molecule has 0 aromatic carbocycles.